The molecule has 0 aliphatic carbocycles. The number of sulfone groups is 1. The Morgan fingerprint density at radius 2 is 1.92 bits per heavy atom. The molecule has 6 nitrogen and oxygen atoms in total. The first-order valence-electron chi connectivity index (χ1n) is 8.46. The van der Waals surface area contributed by atoms with Crippen LogP contribution in [0, 0.1) is 0 Å². The molecule has 0 saturated carbocycles. The van der Waals surface area contributed by atoms with Crippen LogP contribution in [0.4, 0.5) is 4.79 Å². The molecule has 146 valence electrons. The fraction of sp³-hybridized carbons (Fsp3) is 0.611. The fourth-order valence-corrected chi connectivity index (χ4v) is 3.81. The van der Waals surface area contributed by atoms with Gasteiger partial charge in [0.2, 0.25) is 0 Å². The second kappa shape index (κ2) is 8.15. The molecule has 1 aliphatic rings. The first-order valence-corrected chi connectivity index (χ1v) is 10.9. The van der Waals surface area contributed by atoms with Crippen molar-refractivity contribution in [1.82, 2.24) is 4.90 Å². The first-order chi connectivity index (χ1) is 11.9. The van der Waals surface area contributed by atoms with Crippen LogP contribution in [-0.4, -0.2) is 62.3 Å². The van der Waals surface area contributed by atoms with E-state index in [9.17, 15) is 13.2 Å². The molecule has 2 rings (SSSR count). The Balaban J connectivity index is 2.16. The number of carbonyl (C=O) groups excluding carboxylic acids is 1. The van der Waals surface area contributed by atoms with Crippen molar-refractivity contribution in [3.8, 4) is 0 Å². The molecule has 0 spiro atoms. The zero-order valence-corrected chi connectivity index (χ0v) is 17.1. The summed E-state index contributed by atoms with van der Waals surface area (Å²) in [7, 11) is -3.21. The van der Waals surface area contributed by atoms with Crippen LogP contribution in [0.3, 0.4) is 0 Å². The zero-order chi connectivity index (χ0) is 19.5. The Labute approximate surface area is 160 Å². The standard InChI is InChI=1S/C18H26ClNO5S/c1-18(2,3)25-17(21)20-10-16(12-26(4,22)23)24-11-15(20)9-13-5-7-14(19)8-6-13/h5-8,15-16H,9-12H2,1-4H3/t15-,16+/m0/s1. The summed E-state index contributed by atoms with van der Waals surface area (Å²) in [6.07, 6.45) is 0.716. The van der Waals surface area contributed by atoms with Crippen LogP contribution in [0.2, 0.25) is 5.02 Å². The van der Waals surface area contributed by atoms with E-state index in [1.54, 1.807) is 37.8 Å². The molecular formula is C18H26ClNO5S. The quantitative estimate of drug-likeness (QED) is 0.772. The van der Waals surface area contributed by atoms with Crippen LogP contribution in [0.5, 0.6) is 0 Å². The third-order valence-electron chi connectivity index (χ3n) is 3.87. The Morgan fingerprint density at radius 3 is 2.46 bits per heavy atom. The molecule has 0 aromatic heterocycles. The third-order valence-corrected chi connectivity index (χ3v) is 5.10. The molecule has 0 unspecified atom stereocenters. The number of amides is 1. The molecule has 8 heteroatoms. The van der Waals surface area contributed by atoms with Crippen molar-refractivity contribution in [3.05, 3.63) is 34.9 Å². The molecule has 1 fully saturated rings. The van der Waals surface area contributed by atoms with Crippen molar-refractivity contribution in [3.63, 3.8) is 0 Å². The lowest BCUT2D eigenvalue weighted by atomic mass is 10.0. The van der Waals surface area contributed by atoms with E-state index in [1.807, 2.05) is 12.1 Å². The van der Waals surface area contributed by atoms with Crippen molar-refractivity contribution in [2.45, 2.75) is 44.9 Å². The van der Waals surface area contributed by atoms with E-state index >= 15 is 0 Å². The molecule has 1 aromatic rings. The van der Waals surface area contributed by atoms with Gasteiger partial charge in [0.25, 0.3) is 0 Å². The van der Waals surface area contributed by atoms with Crippen molar-refractivity contribution in [2.24, 2.45) is 0 Å². The maximum Gasteiger partial charge on any atom is 0.410 e. The minimum absolute atomic E-state index is 0.125. The number of ether oxygens (including phenoxy) is 2. The molecule has 0 radical (unpaired) electrons. The molecule has 1 heterocycles. The van der Waals surface area contributed by atoms with Gasteiger partial charge in [-0.1, -0.05) is 23.7 Å². The smallest absolute Gasteiger partial charge is 0.410 e. The van der Waals surface area contributed by atoms with Gasteiger partial charge in [0.05, 0.1) is 31.1 Å². The highest BCUT2D eigenvalue weighted by Gasteiger charge is 2.36. The van der Waals surface area contributed by atoms with Gasteiger partial charge in [-0.3, -0.25) is 4.90 Å². The van der Waals surface area contributed by atoms with Crippen LogP contribution in [0.1, 0.15) is 26.3 Å². The van der Waals surface area contributed by atoms with Crippen molar-refractivity contribution >= 4 is 27.5 Å². The number of benzene rings is 1. The Bertz CT molecular complexity index is 727. The number of morpholine rings is 1. The second-order valence-electron chi connectivity index (χ2n) is 7.66. The predicted molar refractivity (Wildman–Crippen MR) is 101 cm³/mol. The van der Waals surface area contributed by atoms with Gasteiger partial charge in [0.15, 0.2) is 0 Å². The van der Waals surface area contributed by atoms with Gasteiger partial charge in [-0.15, -0.1) is 0 Å². The summed E-state index contributed by atoms with van der Waals surface area (Å²) in [4.78, 5) is 14.2. The van der Waals surface area contributed by atoms with Gasteiger partial charge >= 0.3 is 6.09 Å². The monoisotopic (exact) mass is 403 g/mol. The predicted octanol–water partition coefficient (Wildman–Crippen LogP) is 2.93. The summed E-state index contributed by atoms with van der Waals surface area (Å²) in [5, 5.41) is 0.644. The molecule has 0 bridgehead atoms. The number of carbonyl (C=O) groups is 1. The summed E-state index contributed by atoms with van der Waals surface area (Å²) >= 11 is 5.92. The van der Waals surface area contributed by atoms with Crippen molar-refractivity contribution in [2.75, 3.05) is 25.2 Å². The van der Waals surface area contributed by atoms with Gasteiger partial charge in [0, 0.05) is 11.3 Å². The van der Waals surface area contributed by atoms with Gasteiger partial charge in [0.1, 0.15) is 15.4 Å². The normalized spacial score (nSPS) is 21.5. The Hall–Kier alpha value is -1.31. The van der Waals surface area contributed by atoms with Crippen LogP contribution >= 0.6 is 11.6 Å². The maximum absolute atomic E-state index is 12.7. The van der Waals surface area contributed by atoms with E-state index in [0.717, 1.165) is 11.8 Å². The van der Waals surface area contributed by atoms with Gasteiger partial charge in [-0.2, -0.15) is 0 Å². The maximum atomic E-state index is 12.7. The third kappa shape index (κ3) is 6.78. The highest BCUT2D eigenvalue weighted by Crippen LogP contribution is 2.21. The zero-order valence-electron chi connectivity index (χ0n) is 15.6. The highest BCUT2D eigenvalue weighted by atomic mass is 35.5. The van der Waals surface area contributed by atoms with E-state index in [-0.39, 0.29) is 24.9 Å². The van der Waals surface area contributed by atoms with Crippen LogP contribution in [-0.2, 0) is 25.7 Å². The lowest BCUT2D eigenvalue weighted by Gasteiger charge is -2.40. The largest absolute Gasteiger partial charge is 0.444 e. The average molecular weight is 404 g/mol. The van der Waals surface area contributed by atoms with Crippen LogP contribution in [0.25, 0.3) is 0 Å². The minimum atomic E-state index is -3.21. The van der Waals surface area contributed by atoms with Gasteiger partial charge < -0.3 is 9.47 Å². The van der Waals surface area contributed by atoms with Gasteiger partial charge in [-0.05, 0) is 44.9 Å². The first kappa shape index (κ1) is 21.0. The topological polar surface area (TPSA) is 72.9 Å². The van der Waals surface area contributed by atoms with E-state index in [0.29, 0.717) is 11.4 Å². The number of halogens is 1. The molecular weight excluding hydrogens is 378 g/mol. The van der Waals surface area contributed by atoms with E-state index in [1.165, 1.54) is 0 Å². The summed E-state index contributed by atoms with van der Waals surface area (Å²) in [6, 6.07) is 7.16. The number of hydrogen-bond donors (Lipinski definition) is 0. The van der Waals surface area contributed by atoms with E-state index in [2.05, 4.69) is 0 Å². The number of hydrogen-bond acceptors (Lipinski definition) is 5. The summed E-state index contributed by atoms with van der Waals surface area (Å²) in [5.41, 5.74) is 0.380. The summed E-state index contributed by atoms with van der Waals surface area (Å²) < 4.78 is 34.4. The van der Waals surface area contributed by atoms with E-state index < -0.39 is 27.6 Å². The SMILES string of the molecule is CC(C)(C)OC(=O)N1C[C@H](CS(C)(=O)=O)OC[C@@H]1Cc1ccc(Cl)cc1. The number of nitrogens with zero attached hydrogens (tertiary/aromatic N) is 1. The van der Waals surface area contributed by atoms with Gasteiger partial charge in [-0.25, -0.2) is 13.2 Å². The molecule has 0 N–H and O–H groups in total. The highest BCUT2D eigenvalue weighted by molar-refractivity contribution is 7.90. The average Bonchev–Trinajstić information content (AvgIpc) is 2.47. The number of rotatable bonds is 4. The molecule has 26 heavy (non-hydrogen) atoms. The second-order valence-corrected chi connectivity index (χ2v) is 10.3. The van der Waals surface area contributed by atoms with Crippen LogP contribution < -0.4 is 0 Å². The lowest BCUT2D eigenvalue weighted by Crippen LogP contribution is -2.55. The molecule has 1 aliphatic heterocycles. The van der Waals surface area contributed by atoms with E-state index in [4.69, 9.17) is 21.1 Å². The Morgan fingerprint density at radius 1 is 1.31 bits per heavy atom. The minimum Gasteiger partial charge on any atom is -0.444 e. The van der Waals surface area contributed by atoms with Crippen molar-refractivity contribution in [1.29, 1.82) is 0 Å². The molecule has 1 aromatic carbocycles. The van der Waals surface area contributed by atoms with Crippen molar-refractivity contribution < 1.29 is 22.7 Å². The Kier molecular flexibility index (Phi) is 6.58. The molecule has 1 amide bonds. The molecule has 1 saturated heterocycles. The van der Waals surface area contributed by atoms with Crippen LogP contribution in [0.15, 0.2) is 24.3 Å². The fourth-order valence-electron chi connectivity index (χ4n) is 2.80. The summed E-state index contributed by atoms with van der Waals surface area (Å²) in [5.74, 6) is -0.125. The molecule has 2 atom stereocenters. The lowest BCUT2D eigenvalue weighted by molar-refractivity contribution is -0.0618. The summed E-state index contributed by atoms with van der Waals surface area (Å²) in [6.45, 7) is 5.83.